The van der Waals surface area contributed by atoms with E-state index in [4.69, 9.17) is 0 Å². The molecule has 2 heterocycles. The van der Waals surface area contributed by atoms with E-state index in [0.29, 0.717) is 18.9 Å². The highest BCUT2D eigenvalue weighted by atomic mass is 32.2. The van der Waals surface area contributed by atoms with Gasteiger partial charge < -0.3 is 4.90 Å². The van der Waals surface area contributed by atoms with E-state index in [1.54, 1.807) is 4.90 Å². The fraction of sp³-hybridized carbons (Fsp3) is 0.909. The number of likely N-dealkylation sites (tertiary alicyclic amines) is 1. The quantitative estimate of drug-likeness (QED) is 0.716. The van der Waals surface area contributed by atoms with Crippen LogP contribution >= 0.6 is 0 Å². The lowest BCUT2D eigenvalue weighted by molar-refractivity contribution is -0.132. The van der Waals surface area contributed by atoms with Crippen LogP contribution in [-0.2, 0) is 14.8 Å². The Morgan fingerprint density at radius 2 is 1.88 bits per heavy atom. The van der Waals surface area contributed by atoms with E-state index in [1.165, 1.54) is 4.31 Å². The highest BCUT2D eigenvalue weighted by Crippen LogP contribution is 2.18. The normalized spacial score (nSPS) is 26.3. The lowest BCUT2D eigenvalue weighted by Crippen LogP contribution is -2.44. The third-order valence-electron chi connectivity index (χ3n) is 3.65. The molecule has 0 aromatic carbocycles. The molecule has 0 atom stereocenters. The molecule has 0 bridgehead atoms. The summed E-state index contributed by atoms with van der Waals surface area (Å²) in [6, 6.07) is 0. The first-order valence-corrected chi connectivity index (χ1v) is 7.85. The minimum absolute atomic E-state index is 0.0384. The van der Waals surface area contributed by atoms with Crippen molar-refractivity contribution < 1.29 is 13.2 Å². The zero-order valence-electron chi connectivity index (χ0n) is 10.3. The van der Waals surface area contributed by atoms with Crippen LogP contribution in [0.5, 0.6) is 0 Å². The van der Waals surface area contributed by atoms with Gasteiger partial charge >= 0.3 is 0 Å². The van der Waals surface area contributed by atoms with Crippen molar-refractivity contribution in [2.75, 3.05) is 31.9 Å². The van der Waals surface area contributed by atoms with Crippen molar-refractivity contribution in [2.24, 2.45) is 5.92 Å². The predicted octanol–water partition coefficient (Wildman–Crippen LogP) is 0.280. The molecule has 2 rings (SSSR count). The fourth-order valence-corrected chi connectivity index (χ4v) is 3.84. The van der Waals surface area contributed by atoms with Gasteiger partial charge in [0.05, 0.1) is 12.3 Å². The minimum Gasteiger partial charge on any atom is -0.342 e. The molecule has 5 nitrogen and oxygen atoms in total. The van der Waals surface area contributed by atoms with Gasteiger partial charge in [0.15, 0.2) is 0 Å². The molecule has 2 fully saturated rings. The molecule has 1 amide bonds. The standard InChI is InChI=1S/C11H20N2O3S/c1-10-3-6-12(7-4-10)11(14)9-13-5-2-8-17(13,15)16/h10H,2-9H2,1H3. The van der Waals surface area contributed by atoms with E-state index in [-0.39, 0.29) is 18.2 Å². The number of carbonyl (C=O) groups is 1. The van der Waals surface area contributed by atoms with Crippen molar-refractivity contribution in [3.8, 4) is 0 Å². The molecular weight excluding hydrogens is 240 g/mol. The van der Waals surface area contributed by atoms with Crippen LogP contribution in [-0.4, -0.2) is 55.5 Å². The van der Waals surface area contributed by atoms with E-state index in [9.17, 15) is 13.2 Å². The minimum atomic E-state index is -3.15. The fourth-order valence-electron chi connectivity index (χ4n) is 2.38. The van der Waals surface area contributed by atoms with Gasteiger partial charge in [-0.05, 0) is 25.2 Å². The molecule has 0 saturated carbocycles. The second-order valence-corrected chi connectivity index (χ2v) is 7.15. The van der Waals surface area contributed by atoms with Gasteiger partial charge in [0.2, 0.25) is 15.9 Å². The smallest absolute Gasteiger partial charge is 0.237 e. The molecule has 17 heavy (non-hydrogen) atoms. The van der Waals surface area contributed by atoms with Gasteiger partial charge in [0.1, 0.15) is 0 Å². The Kier molecular flexibility index (Phi) is 3.73. The van der Waals surface area contributed by atoms with E-state index >= 15 is 0 Å². The summed E-state index contributed by atoms with van der Waals surface area (Å²) in [6.45, 7) is 4.27. The second kappa shape index (κ2) is 4.94. The highest BCUT2D eigenvalue weighted by Gasteiger charge is 2.31. The van der Waals surface area contributed by atoms with Gasteiger partial charge in [-0.3, -0.25) is 4.79 Å². The van der Waals surface area contributed by atoms with Gasteiger partial charge in [-0.2, -0.15) is 4.31 Å². The number of nitrogens with zero attached hydrogens (tertiary/aromatic N) is 2. The van der Waals surface area contributed by atoms with Crippen molar-refractivity contribution in [1.82, 2.24) is 9.21 Å². The summed E-state index contributed by atoms with van der Waals surface area (Å²) in [5.41, 5.74) is 0. The molecule has 0 aliphatic carbocycles. The number of amides is 1. The maximum atomic E-state index is 12.0. The summed E-state index contributed by atoms with van der Waals surface area (Å²) in [5, 5.41) is 0. The summed E-state index contributed by atoms with van der Waals surface area (Å²) in [5.74, 6) is 0.828. The van der Waals surface area contributed by atoms with Gasteiger partial charge in [-0.15, -0.1) is 0 Å². The molecule has 6 heteroatoms. The van der Waals surface area contributed by atoms with Crippen LogP contribution in [0, 0.1) is 5.92 Å². The van der Waals surface area contributed by atoms with Crippen molar-refractivity contribution in [2.45, 2.75) is 26.2 Å². The number of piperidine rings is 1. The molecule has 0 radical (unpaired) electrons. The van der Waals surface area contributed by atoms with Gasteiger partial charge in [-0.1, -0.05) is 6.92 Å². The number of sulfonamides is 1. The van der Waals surface area contributed by atoms with Gasteiger partial charge in [0.25, 0.3) is 0 Å². The summed E-state index contributed by atoms with van der Waals surface area (Å²) in [4.78, 5) is 13.8. The molecule has 0 spiro atoms. The molecule has 0 N–H and O–H groups in total. The lowest BCUT2D eigenvalue weighted by atomic mass is 9.99. The number of hydrogen-bond donors (Lipinski definition) is 0. The zero-order valence-corrected chi connectivity index (χ0v) is 11.1. The molecule has 2 saturated heterocycles. The average molecular weight is 260 g/mol. The van der Waals surface area contributed by atoms with Crippen LogP contribution in [0.15, 0.2) is 0 Å². The van der Waals surface area contributed by atoms with E-state index in [1.807, 2.05) is 0 Å². The monoisotopic (exact) mass is 260 g/mol. The first kappa shape index (κ1) is 12.8. The molecular formula is C11H20N2O3S. The third-order valence-corrected chi connectivity index (χ3v) is 5.55. The van der Waals surface area contributed by atoms with Crippen molar-refractivity contribution in [1.29, 1.82) is 0 Å². The first-order chi connectivity index (χ1) is 7.99. The van der Waals surface area contributed by atoms with Crippen LogP contribution in [0.4, 0.5) is 0 Å². The predicted molar refractivity (Wildman–Crippen MR) is 65.0 cm³/mol. The van der Waals surface area contributed by atoms with Gasteiger partial charge in [-0.25, -0.2) is 8.42 Å². The third kappa shape index (κ3) is 2.98. The number of rotatable bonds is 2. The molecule has 2 aliphatic rings. The molecule has 0 aromatic heterocycles. The SMILES string of the molecule is CC1CCN(C(=O)CN2CCCS2(=O)=O)CC1. The first-order valence-electron chi connectivity index (χ1n) is 6.24. The van der Waals surface area contributed by atoms with Crippen molar-refractivity contribution in [3.63, 3.8) is 0 Å². The Morgan fingerprint density at radius 3 is 2.41 bits per heavy atom. The topological polar surface area (TPSA) is 57.7 Å². The summed E-state index contributed by atoms with van der Waals surface area (Å²) >= 11 is 0. The molecule has 2 aliphatic heterocycles. The molecule has 0 unspecified atom stereocenters. The summed E-state index contributed by atoms with van der Waals surface area (Å²) < 4.78 is 24.5. The van der Waals surface area contributed by atoms with Crippen molar-refractivity contribution >= 4 is 15.9 Å². The maximum Gasteiger partial charge on any atom is 0.237 e. The van der Waals surface area contributed by atoms with Crippen molar-refractivity contribution in [3.05, 3.63) is 0 Å². The Morgan fingerprint density at radius 1 is 1.24 bits per heavy atom. The molecule has 98 valence electrons. The van der Waals surface area contributed by atoms with Gasteiger partial charge in [0, 0.05) is 19.6 Å². The van der Waals surface area contributed by atoms with Crippen LogP contribution < -0.4 is 0 Å². The van der Waals surface area contributed by atoms with Crippen LogP contribution in [0.25, 0.3) is 0 Å². The second-order valence-electron chi connectivity index (χ2n) is 5.07. The highest BCUT2D eigenvalue weighted by molar-refractivity contribution is 7.89. The summed E-state index contributed by atoms with van der Waals surface area (Å²) in [7, 11) is -3.15. The Labute approximate surface area is 103 Å². The van der Waals surface area contributed by atoms with Crippen LogP contribution in [0.1, 0.15) is 26.2 Å². The van der Waals surface area contributed by atoms with E-state index in [0.717, 1.165) is 25.9 Å². The zero-order chi connectivity index (χ0) is 12.5. The van der Waals surface area contributed by atoms with E-state index in [2.05, 4.69) is 6.92 Å². The largest absolute Gasteiger partial charge is 0.342 e. The molecule has 0 aromatic rings. The van der Waals surface area contributed by atoms with E-state index < -0.39 is 10.0 Å². The Balaban J connectivity index is 1.89. The lowest BCUT2D eigenvalue weighted by Gasteiger charge is -2.31. The average Bonchev–Trinajstić information content (AvgIpc) is 2.59. The summed E-state index contributed by atoms with van der Waals surface area (Å²) in [6.07, 6.45) is 2.70. The Hall–Kier alpha value is -0.620. The Bertz CT molecular complexity index is 386. The number of carbonyl (C=O) groups excluding carboxylic acids is 1. The van der Waals surface area contributed by atoms with Crippen LogP contribution in [0.2, 0.25) is 0 Å². The maximum absolute atomic E-state index is 12.0. The number of hydrogen-bond acceptors (Lipinski definition) is 3. The van der Waals surface area contributed by atoms with Crippen LogP contribution in [0.3, 0.4) is 0 Å².